The number of ether oxygens (including phenoxy) is 1. The molecule has 2 aliphatic rings. The number of carbonyl (C=O) groups excluding carboxylic acids is 1. The van der Waals surface area contributed by atoms with Gasteiger partial charge in [-0.3, -0.25) is 4.79 Å². The lowest BCUT2D eigenvalue weighted by Gasteiger charge is -2.20. The first-order valence-electron chi connectivity index (χ1n) is 5.49. The van der Waals surface area contributed by atoms with Crippen LogP contribution in [0.4, 0.5) is 4.39 Å². The molecule has 2 aliphatic heterocycles. The van der Waals surface area contributed by atoms with E-state index in [9.17, 15) is 9.18 Å². The molecule has 3 rings (SSSR count). The number of benzene rings is 1. The van der Waals surface area contributed by atoms with Crippen LogP contribution < -0.4 is 4.74 Å². The van der Waals surface area contributed by atoms with Crippen LogP contribution in [0.25, 0.3) is 0 Å². The first kappa shape index (κ1) is 9.63. The number of halogens is 1. The van der Waals surface area contributed by atoms with Gasteiger partial charge in [0.05, 0.1) is 6.04 Å². The fourth-order valence-corrected chi connectivity index (χ4v) is 2.44. The minimum atomic E-state index is -0.491. The molecular formula is C12H12FNO2. The molecule has 1 aromatic rings. The van der Waals surface area contributed by atoms with E-state index in [0.717, 1.165) is 12.8 Å². The molecule has 3 nitrogen and oxygen atoms in total. The van der Waals surface area contributed by atoms with Crippen molar-refractivity contribution in [2.75, 3.05) is 13.2 Å². The molecule has 16 heavy (non-hydrogen) atoms. The Labute approximate surface area is 92.8 Å². The van der Waals surface area contributed by atoms with E-state index in [-0.39, 0.29) is 17.5 Å². The standard InChI is InChI=1S/C12H12FNO2/c13-9-4-1-5-10-11(9)12(15)14-6-2-3-8(14)7-16-10/h1,4-5,8H,2-3,6-7H2/t8-/m1/s1. The van der Waals surface area contributed by atoms with Crippen LogP contribution in [0.2, 0.25) is 0 Å². The number of nitrogens with zero attached hydrogens (tertiary/aromatic N) is 1. The molecule has 0 aromatic heterocycles. The SMILES string of the molecule is O=C1c2c(F)cccc2OC[C@H]2CCCN12. The van der Waals surface area contributed by atoms with Gasteiger partial charge in [-0.1, -0.05) is 6.07 Å². The first-order valence-corrected chi connectivity index (χ1v) is 5.49. The Bertz CT molecular complexity index is 447. The van der Waals surface area contributed by atoms with E-state index in [2.05, 4.69) is 0 Å². The number of amides is 1. The summed E-state index contributed by atoms with van der Waals surface area (Å²) in [4.78, 5) is 13.9. The molecule has 1 amide bonds. The van der Waals surface area contributed by atoms with Gasteiger partial charge in [0.1, 0.15) is 23.7 Å². The van der Waals surface area contributed by atoms with E-state index < -0.39 is 5.82 Å². The third-order valence-electron chi connectivity index (χ3n) is 3.26. The first-order chi connectivity index (χ1) is 7.77. The molecule has 1 atom stereocenters. The second-order valence-electron chi connectivity index (χ2n) is 4.22. The molecular weight excluding hydrogens is 209 g/mol. The van der Waals surface area contributed by atoms with Crippen molar-refractivity contribution in [3.63, 3.8) is 0 Å². The maximum atomic E-state index is 13.6. The zero-order valence-corrected chi connectivity index (χ0v) is 8.78. The average molecular weight is 221 g/mol. The zero-order valence-electron chi connectivity index (χ0n) is 8.78. The maximum Gasteiger partial charge on any atom is 0.260 e. The van der Waals surface area contributed by atoms with Crippen LogP contribution in [0, 0.1) is 5.82 Å². The molecule has 0 radical (unpaired) electrons. The molecule has 0 aliphatic carbocycles. The predicted molar refractivity (Wildman–Crippen MR) is 56.0 cm³/mol. The highest BCUT2D eigenvalue weighted by Gasteiger charge is 2.35. The van der Waals surface area contributed by atoms with Gasteiger partial charge in [-0.2, -0.15) is 0 Å². The van der Waals surface area contributed by atoms with Crippen molar-refractivity contribution in [2.45, 2.75) is 18.9 Å². The lowest BCUT2D eigenvalue weighted by atomic mass is 10.1. The molecule has 0 unspecified atom stereocenters. The number of hydrogen-bond acceptors (Lipinski definition) is 2. The fourth-order valence-electron chi connectivity index (χ4n) is 2.44. The van der Waals surface area contributed by atoms with Gasteiger partial charge < -0.3 is 9.64 Å². The Morgan fingerprint density at radius 1 is 1.44 bits per heavy atom. The van der Waals surface area contributed by atoms with E-state index in [4.69, 9.17) is 4.74 Å². The van der Waals surface area contributed by atoms with Crippen molar-refractivity contribution in [3.8, 4) is 5.75 Å². The van der Waals surface area contributed by atoms with Gasteiger partial charge in [0.15, 0.2) is 0 Å². The Morgan fingerprint density at radius 3 is 3.19 bits per heavy atom. The summed E-state index contributed by atoms with van der Waals surface area (Å²) in [5.41, 5.74) is 0.0897. The summed E-state index contributed by atoms with van der Waals surface area (Å²) >= 11 is 0. The van der Waals surface area contributed by atoms with Gasteiger partial charge >= 0.3 is 0 Å². The molecule has 0 saturated carbocycles. The van der Waals surface area contributed by atoms with E-state index >= 15 is 0 Å². The monoisotopic (exact) mass is 221 g/mol. The van der Waals surface area contributed by atoms with Gasteiger partial charge in [-0.15, -0.1) is 0 Å². The van der Waals surface area contributed by atoms with Crippen LogP contribution in [-0.2, 0) is 0 Å². The van der Waals surface area contributed by atoms with Crippen LogP contribution in [0.1, 0.15) is 23.2 Å². The molecule has 2 heterocycles. The van der Waals surface area contributed by atoms with Crippen LogP contribution in [0.3, 0.4) is 0 Å². The molecule has 1 fully saturated rings. The Balaban J connectivity index is 2.10. The normalized spacial score (nSPS) is 23.4. The Kier molecular flexibility index (Phi) is 2.09. The molecule has 0 N–H and O–H groups in total. The van der Waals surface area contributed by atoms with Gasteiger partial charge in [0, 0.05) is 6.54 Å². The summed E-state index contributed by atoms with van der Waals surface area (Å²) in [6.45, 7) is 1.18. The van der Waals surface area contributed by atoms with Crippen molar-refractivity contribution in [2.24, 2.45) is 0 Å². The third kappa shape index (κ3) is 1.29. The summed E-state index contributed by atoms with van der Waals surface area (Å²) in [5, 5.41) is 0. The highest BCUT2D eigenvalue weighted by Crippen LogP contribution is 2.30. The lowest BCUT2D eigenvalue weighted by Crippen LogP contribution is -2.36. The quantitative estimate of drug-likeness (QED) is 0.668. The summed E-state index contributed by atoms with van der Waals surface area (Å²) < 4.78 is 19.1. The van der Waals surface area contributed by atoms with Crippen molar-refractivity contribution >= 4 is 5.91 Å². The summed E-state index contributed by atoms with van der Waals surface area (Å²) in [7, 11) is 0. The van der Waals surface area contributed by atoms with E-state index in [0.29, 0.717) is 18.9 Å². The van der Waals surface area contributed by atoms with Crippen molar-refractivity contribution < 1.29 is 13.9 Å². The minimum Gasteiger partial charge on any atom is -0.490 e. The number of rotatable bonds is 0. The lowest BCUT2D eigenvalue weighted by molar-refractivity contribution is 0.0723. The Hall–Kier alpha value is -1.58. The summed E-state index contributed by atoms with van der Waals surface area (Å²) in [6.07, 6.45) is 1.92. The average Bonchev–Trinajstić information content (AvgIpc) is 2.69. The highest BCUT2D eigenvalue weighted by molar-refractivity contribution is 5.97. The molecule has 84 valence electrons. The third-order valence-corrected chi connectivity index (χ3v) is 3.26. The molecule has 4 heteroatoms. The second kappa shape index (κ2) is 3.47. The summed E-state index contributed by atoms with van der Waals surface area (Å²) in [5.74, 6) is -0.345. The zero-order chi connectivity index (χ0) is 11.1. The van der Waals surface area contributed by atoms with E-state index in [1.165, 1.54) is 6.07 Å². The largest absolute Gasteiger partial charge is 0.490 e. The van der Waals surface area contributed by atoms with Crippen molar-refractivity contribution in [3.05, 3.63) is 29.6 Å². The maximum absolute atomic E-state index is 13.6. The van der Waals surface area contributed by atoms with E-state index in [1.807, 2.05) is 0 Å². The van der Waals surface area contributed by atoms with Gasteiger partial charge in [-0.25, -0.2) is 4.39 Å². The van der Waals surface area contributed by atoms with Crippen LogP contribution in [-0.4, -0.2) is 30.0 Å². The predicted octanol–water partition coefficient (Wildman–Crippen LogP) is 1.82. The fraction of sp³-hybridized carbons (Fsp3) is 0.417. The van der Waals surface area contributed by atoms with Gasteiger partial charge in [-0.05, 0) is 25.0 Å². The minimum absolute atomic E-state index is 0.0897. The van der Waals surface area contributed by atoms with Crippen LogP contribution in [0.15, 0.2) is 18.2 Å². The molecule has 1 saturated heterocycles. The van der Waals surface area contributed by atoms with Crippen LogP contribution >= 0.6 is 0 Å². The summed E-state index contributed by atoms with van der Waals surface area (Å²) in [6, 6.07) is 4.63. The number of fused-ring (bicyclic) bond motifs is 2. The highest BCUT2D eigenvalue weighted by atomic mass is 19.1. The van der Waals surface area contributed by atoms with Gasteiger partial charge in [0.25, 0.3) is 5.91 Å². The molecule has 1 aromatic carbocycles. The van der Waals surface area contributed by atoms with Crippen LogP contribution in [0.5, 0.6) is 5.75 Å². The molecule has 0 bridgehead atoms. The topological polar surface area (TPSA) is 29.5 Å². The molecule has 0 spiro atoms. The number of hydrogen-bond donors (Lipinski definition) is 0. The van der Waals surface area contributed by atoms with Crippen molar-refractivity contribution in [1.82, 2.24) is 4.90 Å². The second-order valence-corrected chi connectivity index (χ2v) is 4.22. The van der Waals surface area contributed by atoms with Gasteiger partial charge in [0.2, 0.25) is 0 Å². The number of carbonyl (C=O) groups is 1. The van der Waals surface area contributed by atoms with E-state index in [1.54, 1.807) is 17.0 Å². The smallest absolute Gasteiger partial charge is 0.260 e. The van der Waals surface area contributed by atoms with Crippen molar-refractivity contribution in [1.29, 1.82) is 0 Å². The Morgan fingerprint density at radius 2 is 2.31 bits per heavy atom.